The second kappa shape index (κ2) is 7.73. The SMILES string of the molecule is COC(=O)C1CC2=CC(=O)CCC2(C)C2C(OS(C)(=O)=O)CC3(C)C(CC[C@@]34CCC(=O)C4)C12. The van der Waals surface area contributed by atoms with E-state index in [9.17, 15) is 22.8 Å². The maximum absolute atomic E-state index is 13.2. The largest absolute Gasteiger partial charge is 0.469 e. The molecule has 0 amide bonds. The maximum atomic E-state index is 13.2. The highest BCUT2D eigenvalue weighted by Gasteiger charge is 2.70. The van der Waals surface area contributed by atoms with Crippen molar-refractivity contribution in [3.63, 3.8) is 0 Å². The van der Waals surface area contributed by atoms with Gasteiger partial charge in [-0.2, -0.15) is 8.42 Å². The topological polar surface area (TPSA) is 104 Å². The normalized spacial score (nSPS) is 46.0. The van der Waals surface area contributed by atoms with Gasteiger partial charge < -0.3 is 4.74 Å². The quantitative estimate of drug-likeness (QED) is 0.438. The van der Waals surface area contributed by atoms with Crippen LogP contribution in [0, 0.1) is 39.9 Å². The van der Waals surface area contributed by atoms with E-state index in [0.29, 0.717) is 38.5 Å². The van der Waals surface area contributed by atoms with Crippen LogP contribution in [0.2, 0.25) is 0 Å². The molecule has 7 nitrogen and oxygen atoms in total. The van der Waals surface area contributed by atoms with Gasteiger partial charge in [-0.15, -0.1) is 0 Å². The fraction of sp³-hybridized carbons (Fsp3) is 0.808. The lowest BCUT2D eigenvalue weighted by atomic mass is 9.42. The maximum Gasteiger partial charge on any atom is 0.309 e. The molecular formula is C26H36O7S. The van der Waals surface area contributed by atoms with Gasteiger partial charge in [-0.05, 0) is 78.6 Å². The Hall–Kier alpha value is -1.54. The van der Waals surface area contributed by atoms with Gasteiger partial charge in [0.15, 0.2) is 5.78 Å². The van der Waals surface area contributed by atoms with Gasteiger partial charge in [0.25, 0.3) is 10.1 Å². The molecule has 4 saturated carbocycles. The molecule has 0 bridgehead atoms. The number of ketones is 2. The molecule has 1 spiro atoms. The first-order valence-electron chi connectivity index (χ1n) is 12.6. The Morgan fingerprint density at radius 3 is 2.47 bits per heavy atom. The molecule has 188 valence electrons. The number of esters is 1. The molecule has 8 heteroatoms. The number of ether oxygens (including phenoxy) is 1. The molecule has 0 heterocycles. The molecule has 5 rings (SSSR count). The number of Topliss-reactive ketones (excluding diaryl/α,β-unsaturated/α-hetero) is 1. The van der Waals surface area contributed by atoms with Gasteiger partial charge in [-0.1, -0.05) is 19.4 Å². The molecule has 0 aromatic heterocycles. The summed E-state index contributed by atoms with van der Waals surface area (Å²) >= 11 is 0. The predicted molar refractivity (Wildman–Crippen MR) is 124 cm³/mol. The number of allylic oxidation sites excluding steroid dienone is 1. The van der Waals surface area contributed by atoms with Crippen molar-refractivity contribution < 1.29 is 31.7 Å². The Labute approximate surface area is 202 Å². The summed E-state index contributed by atoms with van der Waals surface area (Å²) in [7, 11) is -2.37. The zero-order valence-corrected chi connectivity index (χ0v) is 21.4. The van der Waals surface area contributed by atoms with Crippen molar-refractivity contribution in [3.8, 4) is 0 Å². The van der Waals surface area contributed by atoms with E-state index in [4.69, 9.17) is 8.92 Å². The lowest BCUT2D eigenvalue weighted by Gasteiger charge is -2.63. The van der Waals surface area contributed by atoms with E-state index in [0.717, 1.165) is 31.1 Å². The van der Waals surface area contributed by atoms with E-state index in [1.165, 1.54) is 7.11 Å². The number of fused-ring (bicyclic) bond motifs is 6. The molecule has 8 atom stereocenters. The van der Waals surface area contributed by atoms with Crippen LogP contribution in [0.4, 0.5) is 0 Å². The average Bonchev–Trinajstić information content (AvgIpc) is 3.26. The molecule has 4 fully saturated rings. The van der Waals surface area contributed by atoms with Gasteiger partial charge in [-0.25, -0.2) is 0 Å². The van der Waals surface area contributed by atoms with Crippen molar-refractivity contribution in [2.24, 2.45) is 39.9 Å². The van der Waals surface area contributed by atoms with Gasteiger partial charge in [0.2, 0.25) is 0 Å². The minimum Gasteiger partial charge on any atom is -0.469 e. The number of methoxy groups -OCH3 is 1. The van der Waals surface area contributed by atoms with E-state index >= 15 is 0 Å². The smallest absolute Gasteiger partial charge is 0.309 e. The number of carbonyl (C=O) groups excluding carboxylic acids is 3. The van der Waals surface area contributed by atoms with Crippen LogP contribution in [0.15, 0.2) is 11.6 Å². The summed E-state index contributed by atoms with van der Waals surface area (Å²) in [6.07, 6.45) is 7.97. The predicted octanol–water partition coefficient (Wildman–Crippen LogP) is 3.61. The van der Waals surface area contributed by atoms with Crippen molar-refractivity contribution in [2.75, 3.05) is 13.4 Å². The molecule has 0 aliphatic heterocycles. The first-order chi connectivity index (χ1) is 15.8. The Kier molecular flexibility index (Phi) is 5.49. The van der Waals surface area contributed by atoms with Crippen molar-refractivity contribution in [3.05, 3.63) is 11.6 Å². The highest BCUT2D eigenvalue weighted by molar-refractivity contribution is 7.86. The molecule has 5 aliphatic rings. The molecule has 0 aromatic rings. The minimum absolute atomic E-state index is 0.0556. The molecule has 0 saturated heterocycles. The Morgan fingerprint density at radius 2 is 1.85 bits per heavy atom. The van der Waals surface area contributed by atoms with Crippen LogP contribution in [0.3, 0.4) is 0 Å². The molecular weight excluding hydrogens is 456 g/mol. The molecule has 0 radical (unpaired) electrons. The second-order valence-electron chi connectivity index (χ2n) is 12.1. The third-order valence-electron chi connectivity index (χ3n) is 10.7. The van der Waals surface area contributed by atoms with Gasteiger partial charge >= 0.3 is 5.97 Å². The summed E-state index contributed by atoms with van der Waals surface area (Å²) in [5.74, 6) is -0.596. The van der Waals surface area contributed by atoms with Crippen molar-refractivity contribution in [1.82, 2.24) is 0 Å². The minimum atomic E-state index is -3.76. The summed E-state index contributed by atoms with van der Waals surface area (Å²) in [4.78, 5) is 38.0. The lowest BCUT2D eigenvalue weighted by molar-refractivity contribution is -0.175. The van der Waals surface area contributed by atoms with E-state index in [2.05, 4.69) is 13.8 Å². The number of rotatable bonds is 3. The monoisotopic (exact) mass is 492 g/mol. The molecule has 0 N–H and O–H groups in total. The van der Waals surface area contributed by atoms with Crippen molar-refractivity contribution >= 4 is 27.7 Å². The standard InChI is InChI=1S/C26H36O7S/c1-24-8-5-16(27)11-15(24)12-18(23(29)32-3)21-19-7-10-26(9-6-17(28)13-26)25(19,2)14-20(22(21)24)33-34(4,30)31/h11,18-22H,5-10,12-14H2,1-4H3/t18?,19?,20?,21?,22?,24?,25?,26-/m1/s1. The number of hydrogen-bond acceptors (Lipinski definition) is 7. The van der Waals surface area contributed by atoms with Gasteiger partial charge in [0.1, 0.15) is 5.78 Å². The number of carbonyl (C=O) groups is 3. The Morgan fingerprint density at radius 1 is 1.12 bits per heavy atom. The highest BCUT2D eigenvalue weighted by Crippen LogP contribution is 2.73. The number of hydrogen-bond donors (Lipinski definition) is 0. The van der Waals surface area contributed by atoms with E-state index in [-0.39, 0.29) is 46.1 Å². The molecule has 34 heavy (non-hydrogen) atoms. The summed E-state index contributed by atoms with van der Waals surface area (Å²) in [6.45, 7) is 4.34. The average molecular weight is 493 g/mol. The van der Waals surface area contributed by atoms with Crippen LogP contribution in [0.25, 0.3) is 0 Å². The summed E-state index contributed by atoms with van der Waals surface area (Å²) in [5.41, 5.74) is 0.0410. The van der Waals surface area contributed by atoms with Crippen LogP contribution < -0.4 is 0 Å². The van der Waals surface area contributed by atoms with Crippen LogP contribution in [0.1, 0.15) is 71.6 Å². The van der Waals surface area contributed by atoms with Crippen LogP contribution in [-0.4, -0.2) is 45.4 Å². The Balaban J connectivity index is 1.68. The fourth-order valence-electron chi connectivity index (χ4n) is 9.19. The third kappa shape index (κ3) is 3.38. The molecule has 0 aromatic carbocycles. The van der Waals surface area contributed by atoms with Crippen LogP contribution >= 0.6 is 0 Å². The zero-order valence-electron chi connectivity index (χ0n) is 20.6. The first-order valence-corrected chi connectivity index (χ1v) is 14.4. The highest BCUT2D eigenvalue weighted by atomic mass is 32.2. The van der Waals surface area contributed by atoms with E-state index in [1.54, 1.807) is 6.08 Å². The zero-order chi connectivity index (χ0) is 24.7. The molecule has 5 aliphatic carbocycles. The first kappa shape index (κ1) is 24.2. The van der Waals surface area contributed by atoms with Gasteiger partial charge in [0, 0.05) is 19.3 Å². The van der Waals surface area contributed by atoms with E-state index < -0.39 is 27.6 Å². The van der Waals surface area contributed by atoms with Crippen LogP contribution in [-0.2, 0) is 33.4 Å². The van der Waals surface area contributed by atoms with Crippen molar-refractivity contribution in [2.45, 2.75) is 77.7 Å². The third-order valence-corrected chi connectivity index (χ3v) is 11.3. The van der Waals surface area contributed by atoms with E-state index in [1.807, 2.05) is 0 Å². The molecule has 7 unspecified atom stereocenters. The van der Waals surface area contributed by atoms with Gasteiger partial charge in [0.05, 0.1) is 25.4 Å². The second-order valence-corrected chi connectivity index (χ2v) is 13.7. The summed E-state index contributed by atoms with van der Waals surface area (Å²) in [5, 5.41) is 0. The summed E-state index contributed by atoms with van der Waals surface area (Å²) < 4.78 is 36.1. The fourth-order valence-corrected chi connectivity index (χ4v) is 9.82. The summed E-state index contributed by atoms with van der Waals surface area (Å²) in [6, 6.07) is 0. The van der Waals surface area contributed by atoms with Crippen molar-refractivity contribution in [1.29, 1.82) is 0 Å². The Bertz CT molecular complexity index is 1080. The van der Waals surface area contributed by atoms with Gasteiger partial charge in [-0.3, -0.25) is 18.6 Å². The van der Waals surface area contributed by atoms with Crippen LogP contribution in [0.5, 0.6) is 0 Å². The lowest BCUT2D eigenvalue weighted by Crippen LogP contribution is -2.62.